The van der Waals surface area contributed by atoms with E-state index in [-0.39, 0.29) is 11.5 Å². The molecule has 1 atom stereocenters. The number of aromatic nitrogens is 1. The van der Waals surface area contributed by atoms with Crippen molar-refractivity contribution < 1.29 is 9.53 Å². The highest BCUT2D eigenvalue weighted by Gasteiger charge is 2.54. The van der Waals surface area contributed by atoms with Crippen molar-refractivity contribution in [3.63, 3.8) is 0 Å². The summed E-state index contributed by atoms with van der Waals surface area (Å²) in [4.78, 5) is 16.4. The van der Waals surface area contributed by atoms with E-state index in [1.165, 1.54) is 0 Å². The summed E-state index contributed by atoms with van der Waals surface area (Å²) in [5.74, 6) is 1.19. The SMILES string of the molecule is CCc1nc(C)ccc1OC1CC(=O)C1(CC)CC. The smallest absolute Gasteiger partial charge is 0.146 e. The lowest BCUT2D eigenvalue weighted by molar-refractivity contribution is -0.153. The summed E-state index contributed by atoms with van der Waals surface area (Å²) in [5.41, 5.74) is 1.72. The third-order valence-electron chi connectivity index (χ3n) is 4.48. The second-order valence-electron chi connectivity index (χ2n) is 5.35. The van der Waals surface area contributed by atoms with Gasteiger partial charge in [0.2, 0.25) is 0 Å². The third-order valence-corrected chi connectivity index (χ3v) is 4.48. The first kappa shape index (κ1) is 14.0. The molecule has 2 rings (SSSR count). The van der Waals surface area contributed by atoms with Crippen LogP contribution in [0.5, 0.6) is 5.75 Å². The predicted octanol–water partition coefficient (Wildman–Crippen LogP) is 3.48. The molecule has 0 saturated heterocycles. The van der Waals surface area contributed by atoms with Gasteiger partial charge in [-0.25, -0.2) is 0 Å². The van der Waals surface area contributed by atoms with E-state index in [1.807, 2.05) is 19.1 Å². The minimum Gasteiger partial charge on any atom is -0.487 e. The number of aryl methyl sites for hydroxylation is 2. The van der Waals surface area contributed by atoms with Crippen LogP contribution in [0.2, 0.25) is 0 Å². The van der Waals surface area contributed by atoms with Crippen LogP contribution in [0.4, 0.5) is 0 Å². The fourth-order valence-corrected chi connectivity index (χ4v) is 2.98. The molecular weight excluding hydrogens is 238 g/mol. The van der Waals surface area contributed by atoms with Gasteiger partial charge in [0.15, 0.2) is 0 Å². The molecule has 1 unspecified atom stereocenters. The molecule has 104 valence electrons. The van der Waals surface area contributed by atoms with Crippen molar-refractivity contribution in [2.24, 2.45) is 5.41 Å². The lowest BCUT2D eigenvalue weighted by atomic mass is 9.61. The van der Waals surface area contributed by atoms with Gasteiger partial charge < -0.3 is 4.74 Å². The normalized spacial score (nSPS) is 21.1. The van der Waals surface area contributed by atoms with E-state index in [2.05, 4.69) is 25.8 Å². The highest BCUT2D eigenvalue weighted by Crippen LogP contribution is 2.45. The van der Waals surface area contributed by atoms with Crippen molar-refractivity contribution in [1.29, 1.82) is 0 Å². The van der Waals surface area contributed by atoms with Crippen molar-refractivity contribution in [1.82, 2.24) is 4.98 Å². The molecule has 1 heterocycles. The van der Waals surface area contributed by atoms with Crippen LogP contribution < -0.4 is 4.74 Å². The Morgan fingerprint density at radius 2 is 2.00 bits per heavy atom. The van der Waals surface area contributed by atoms with Crippen molar-refractivity contribution in [3.05, 3.63) is 23.5 Å². The number of carbonyl (C=O) groups excluding carboxylic acids is 1. The highest BCUT2D eigenvalue weighted by atomic mass is 16.5. The number of rotatable bonds is 5. The number of pyridine rings is 1. The van der Waals surface area contributed by atoms with Crippen molar-refractivity contribution in [2.75, 3.05) is 0 Å². The predicted molar refractivity (Wildman–Crippen MR) is 75.4 cm³/mol. The van der Waals surface area contributed by atoms with E-state index < -0.39 is 0 Å². The molecule has 0 radical (unpaired) electrons. The fraction of sp³-hybridized carbons (Fsp3) is 0.625. The molecule has 19 heavy (non-hydrogen) atoms. The summed E-state index contributed by atoms with van der Waals surface area (Å²) >= 11 is 0. The number of ether oxygens (including phenoxy) is 1. The van der Waals surface area contributed by atoms with E-state index >= 15 is 0 Å². The van der Waals surface area contributed by atoms with Crippen LogP contribution in [0.15, 0.2) is 12.1 Å². The topological polar surface area (TPSA) is 39.2 Å². The third kappa shape index (κ3) is 2.26. The monoisotopic (exact) mass is 261 g/mol. The zero-order chi connectivity index (χ0) is 14.0. The Morgan fingerprint density at radius 3 is 2.53 bits per heavy atom. The van der Waals surface area contributed by atoms with Gasteiger partial charge in [0.1, 0.15) is 17.6 Å². The summed E-state index contributed by atoms with van der Waals surface area (Å²) in [5, 5.41) is 0. The van der Waals surface area contributed by atoms with Gasteiger partial charge in [-0.1, -0.05) is 20.8 Å². The van der Waals surface area contributed by atoms with E-state index in [0.717, 1.165) is 36.4 Å². The largest absolute Gasteiger partial charge is 0.487 e. The maximum Gasteiger partial charge on any atom is 0.146 e. The fourth-order valence-electron chi connectivity index (χ4n) is 2.98. The van der Waals surface area contributed by atoms with Gasteiger partial charge in [0.05, 0.1) is 11.1 Å². The number of hydrogen-bond acceptors (Lipinski definition) is 3. The molecule has 0 bridgehead atoms. The minimum absolute atomic E-state index is 0.0183. The maximum atomic E-state index is 11.9. The molecule has 1 aromatic heterocycles. The van der Waals surface area contributed by atoms with Gasteiger partial charge in [0, 0.05) is 12.1 Å². The summed E-state index contributed by atoms with van der Waals surface area (Å²) in [6, 6.07) is 3.95. The summed E-state index contributed by atoms with van der Waals surface area (Å²) in [7, 11) is 0. The van der Waals surface area contributed by atoms with Crippen LogP contribution >= 0.6 is 0 Å². The summed E-state index contributed by atoms with van der Waals surface area (Å²) in [6.45, 7) is 8.21. The molecule has 0 N–H and O–H groups in total. The average Bonchev–Trinajstić information content (AvgIpc) is 2.41. The quantitative estimate of drug-likeness (QED) is 0.814. The van der Waals surface area contributed by atoms with Crippen molar-refractivity contribution in [2.45, 2.75) is 59.5 Å². The molecule has 1 saturated carbocycles. The molecular formula is C16H23NO2. The zero-order valence-corrected chi connectivity index (χ0v) is 12.3. The lowest BCUT2D eigenvalue weighted by Gasteiger charge is -2.46. The standard InChI is InChI=1S/C16H23NO2/c1-5-12-13(9-8-11(4)17-12)19-15-10-14(18)16(15,6-2)7-3/h8-9,15H,5-7,10H2,1-4H3. The number of carbonyl (C=O) groups is 1. The van der Waals surface area contributed by atoms with E-state index in [1.54, 1.807) is 0 Å². The van der Waals surface area contributed by atoms with Crippen molar-refractivity contribution in [3.8, 4) is 5.75 Å². The Bertz CT molecular complexity index is 478. The van der Waals surface area contributed by atoms with Crippen LogP contribution in [0.25, 0.3) is 0 Å². The molecule has 1 aliphatic rings. The molecule has 0 spiro atoms. The Labute approximate surface area is 115 Å². The molecule has 0 aromatic carbocycles. The Kier molecular flexibility index (Phi) is 3.93. The Balaban J connectivity index is 2.20. The average molecular weight is 261 g/mol. The molecule has 1 aromatic rings. The summed E-state index contributed by atoms with van der Waals surface area (Å²) < 4.78 is 6.11. The molecule has 1 fully saturated rings. The Morgan fingerprint density at radius 1 is 1.32 bits per heavy atom. The van der Waals surface area contributed by atoms with E-state index in [0.29, 0.717) is 12.2 Å². The number of Topliss-reactive ketones (excluding diaryl/α,β-unsaturated/α-hetero) is 1. The van der Waals surface area contributed by atoms with Gasteiger partial charge in [-0.3, -0.25) is 9.78 Å². The molecule has 3 nitrogen and oxygen atoms in total. The van der Waals surface area contributed by atoms with Crippen LogP contribution in [-0.4, -0.2) is 16.9 Å². The van der Waals surface area contributed by atoms with Crippen LogP contribution in [0, 0.1) is 12.3 Å². The first-order valence-electron chi connectivity index (χ1n) is 7.23. The zero-order valence-electron chi connectivity index (χ0n) is 12.3. The van der Waals surface area contributed by atoms with Crippen LogP contribution in [0.1, 0.15) is 51.4 Å². The van der Waals surface area contributed by atoms with Gasteiger partial charge in [-0.2, -0.15) is 0 Å². The van der Waals surface area contributed by atoms with Gasteiger partial charge >= 0.3 is 0 Å². The van der Waals surface area contributed by atoms with Crippen LogP contribution in [-0.2, 0) is 11.2 Å². The van der Waals surface area contributed by atoms with Gasteiger partial charge in [0.25, 0.3) is 0 Å². The first-order valence-corrected chi connectivity index (χ1v) is 7.23. The van der Waals surface area contributed by atoms with E-state index in [9.17, 15) is 4.79 Å². The van der Waals surface area contributed by atoms with Crippen molar-refractivity contribution >= 4 is 5.78 Å². The molecule has 0 aliphatic heterocycles. The second kappa shape index (κ2) is 5.32. The van der Waals surface area contributed by atoms with Crippen LogP contribution in [0.3, 0.4) is 0 Å². The first-order chi connectivity index (χ1) is 9.07. The molecule has 0 amide bonds. The van der Waals surface area contributed by atoms with Gasteiger partial charge in [-0.05, 0) is 38.3 Å². The number of nitrogens with zero attached hydrogens (tertiary/aromatic N) is 1. The summed E-state index contributed by atoms with van der Waals surface area (Å²) in [6.07, 6.45) is 3.12. The highest BCUT2D eigenvalue weighted by molar-refractivity contribution is 5.92. The number of hydrogen-bond donors (Lipinski definition) is 0. The maximum absolute atomic E-state index is 11.9. The molecule has 3 heteroatoms. The minimum atomic E-state index is -0.268. The van der Waals surface area contributed by atoms with Gasteiger partial charge in [-0.15, -0.1) is 0 Å². The Hall–Kier alpha value is -1.38. The van der Waals surface area contributed by atoms with E-state index in [4.69, 9.17) is 4.74 Å². The second-order valence-corrected chi connectivity index (χ2v) is 5.35. The number of ketones is 1. The molecule has 1 aliphatic carbocycles. The lowest BCUT2D eigenvalue weighted by Crippen LogP contribution is -2.56.